The van der Waals surface area contributed by atoms with Gasteiger partial charge in [-0.2, -0.15) is 0 Å². The minimum absolute atomic E-state index is 0.824. The van der Waals surface area contributed by atoms with Gasteiger partial charge in [0.1, 0.15) is 0 Å². The molecular formula is C18H39N3. The molecular weight excluding hydrogens is 258 g/mol. The second-order valence-corrected chi connectivity index (χ2v) is 6.93. The molecule has 3 heteroatoms. The van der Waals surface area contributed by atoms with Crippen molar-refractivity contribution >= 4 is 0 Å². The van der Waals surface area contributed by atoms with Gasteiger partial charge in [0.15, 0.2) is 0 Å². The molecule has 0 atom stereocenters. The van der Waals surface area contributed by atoms with Crippen molar-refractivity contribution in [3.8, 4) is 0 Å². The predicted molar refractivity (Wildman–Crippen MR) is 93.9 cm³/mol. The van der Waals surface area contributed by atoms with E-state index in [0.717, 1.165) is 25.0 Å². The second-order valence-electron chi connectivity index (χ2n) is 6.93. The highest BCUT2D eigenvalue weighted by molar-refractivity contribution is 4.78. The molecule has 1 aliphatic carbocycles. The molecule has 0 aromatic heterocycles. The van der Waals surface area contributed by atoms with Crippen LogP contribution in [0, 0.1) is 5.92 Å². The maximum Gasteiger partial charge on any atom is 0.0110 e. The van der Waals surface area contributed by atoms with Crippen molar-refractivity contribution < 1.29 is 0 Å². The highest BCUT2D eigenvalue weighted by atomic mass is 15.2. The Labute approximate surface area is 133 Å². The molecule has 0 aromatic rings. The fourth-order valence-electron chi connectivity index (χ4n) is 3.30. The summed E-state index contributed by atoms with van der Waals surface area (Å²) in [7, 11) is 0. The number of nitrogens with zero attached hydrogens (tertiary/aromatic N) is 2. The van der Waals surface area contributed by atoms with E-state index in [2.05, 4.69) is 42.8 Å². The molecule has 0 aromatic carbocycles. The fourth-order valence-corrected chi connectivity index (χ4v) is 3.30. The van der Waals surface area contributed by atoms with Crippen LogP contribution in [0.1, 0.15) is 59.8 Å². The topological polar surface area (TPSA) is 18.5 Å². The SMILES string of the molecule is CCN(CC)CCNCCN(CCC(C)C)C1CCCC1. The zero-order chi connectivity index (χ0) is 15.5. The molecule has 0 saturated heterocycles. The van der Waals surface area contributed by atoms with E-state index in [1.807, 2.05) is 0 Å². The van der Waals surface area contributed by atoms with Crippen LogP contribution < -0.4 is 5.32 Å². The zero-order valence-corrected chi connectivity index (χ0v) is 15.0. The lowest BCUT2D eigenvalue weighted by Gasteiger charge is -2.29. The molecule has 0 aliphatic heterocycles. The average Bonchev–Trinajstić information content (AvgIpc) is 2.99. The highest BCUT2D eigenvalue weighted by Crippen LogP contribution is 2.23. The predicted octanol–water partition coefficient (Wildman–Crippen LogP) is 3.21. The van der Waals surface area contributed by atoms with Gasteiger partial charge >= 0.3 is 0 Å². The van der Waals surface area contributed by atoms with Gasteiger partial charge < -0.3 is 10.2 Å². The molecule has 1 saturated carbocycles. The molecule has 0 bridgehead atoms. The number of hydrogen-bond acceptors (Lipinski definition) is 3. The second kappa shape index (κ2) is 11.4. The van der Waals surface area contributed by atoms with Gasteiger partial charge in [-0.25, -0.2) is 0 Å². The summed E-state index contributed by atoms with van der Waals surface area (Å²) in [6, 6.07) is 0.869. The van der Waals surface area contributed by atoms with Gasteiger partial charge in [-0.15, -0.1) is 0 Å². The Morgan fingerprint density at radius 2 is 1.57 bits per heavy atom. The van der Waals surface area contributed by atoms with Crippen molar-refractivity contribution in [1.82, 2.24) is 15.1 Å². The monoisotopic (exact) mass is 297 g/mol. The molecule has 0 spiro atoms. The molecule has 0 heterocycles. The summed E-state index contributed by atoms with van der Waals surface area (Å²) in [6.07, 6.45) is 7.08. The summed E-state index contributed by atoms with van der Waals surface area (Å²) in [5.74, 6) is 0.824. The smallest absolute Gasteiger partial charge is 0.0110 e. The summed E-state index contributed by atoms with van der Waals surface area (Å²) < 4.78 is 0. The van der Waals surface area contributed by atoms with E-state index < -0.39 is 0 Å². The number of likely N-dealkylation sites (N-methyl/N-ethyl adjacent to an activating group) is 1. The lowest BCUT2D eigenvalue weighted by atomic mass is 10.1. The number of nitrogens with one attached hydrogen (secondary N) is 1. The molecule has 1 rings (SSSR count). The maximum atomic E-state index is 3.64. The van der Waals surface area contributed by atoms with E-state index in [9.17, 15) is 0 Å². The Kier molecular flexibility index (Phi) is 10.3. The molecule has 1 N–H and O–H groups in total. The third-order valence-electron chi connectivity index (χ3n) is 4.91. The molecule has 126 valence electrons. The van der Waals surface area contributed by atoms with Crippen molar-refractivity contribution in [1.29, 1.82) is 0 Å². The lowest BCUT2D eigenvalue weighted by molar-refractivity contribution is 0.187. The van der Waals surface area contributed by atoms with Gasteiger partial charge in [0.05, 0.1) is 0 Å². The van der Waals surface area contributed by atoms with Gasteiger partial charge in [0, 0.05) is 32.2 Å². The summed E-state index contributed by atoms with van der Waals surface area (Å²) >= 11 is 0. The Morgan fingerprint density at radius 1 is 0.952 bits per heavy atom. The minimum atomic E-state index is 0.824. The standard InChI is InChI=1S/C18H39N3/c1-5-20(6-2)15-12-19-13-16-21(14-11-17(3)4)18-9-7-8-10-18/h17-19H,5-16H2,1-4H3. The number of hydrogen-bond donors (Lipinski definition) is 1. The minimum Gasteiger partial charge on any atom is -0.314 e. The molecule has 1 fully saturated rings. The third kappa shape index (κ3) is 8.18. The first-order valence-electron chi connectivity index (χ1n) is 9.34. The van der Waals surface area contributed by atoms with E-state index in [1.165, 1.54) is 64.8 Å². The maximum absolute atomic E-state index is 3.64. The molecule has 3 nitrogen and oxygen atoms in total. The van der Waals surface area contributed by atoms with Crippen molar-refractivity contribution in [3.63, 3.8) is 0 Å². The van der Waals surface area contributed by atoms with Crippen LogP contribution in [-0.2, 0) is 0 Å². The van der Waals surface area contributed by atoms with Crippen molar-refractivity contribution in [2.45, 2.75) is 65.8 Å². The Hall–Kier alpha value is -0.120. The van der Waals surface area contributed by atoms with Gasteiger partial charge in [-0.05, 0) is 44.8 Å². The van der Waals surface area contributed by atoms with Crippen molar-refractivity contribution in [2.24, 2.45) is 5.92 Å². The Bertz CT molecular complexity index is 233. The van der Waals surface area contributed by atoms with E-state index in [0.29, 0.717) is 0 Å². The molecule has 0 radical (unpaired) electrons. The summed E-state index contributed by atoms with van der Waals surface area (Å²) in [6.45, 7) is 17.5. The molecule has 21 heavy (non-hydrogen) atoms. The first-order chi connectivity index (χ1) is 10.2. The third-order valence-corrected chi connectivity index (χ3v) is 4.91. The van der Waals surface area contributed by atoms with Crippen LogP contribution in [0.5, 0.6) is 0 Å². The van der Waals surface area contributed by atoms with Crippen LogP contribution in [0.25, 0.3) is 0 Å². The van der Waals surface area contributed by atoms with E-state index in [-0.39, 0.29) is 0 Å². The first kappa shape index (κ1) is 18.9. The van der Waals surface area contributed by atoms with Crippen LogP contribution in [0.4, 0.5) is 0 Å². The van der Waals surface area contributed by atoms with Gasteiger partial charge in [0.25, 0.3) is 0 Å². The molecule has 0 unspecified atom stereocenters. The largest absolute Gasteiger partial charge is 0.314 e. The van der Waals surface area contributed by atoms with Crippen LogP contribution in [0.3, 0.4) is 0 Å². The van der Waals surface area contributed by atoms with E-state index in [1.54, 1.807) is 0 Å². The van der Waals surface area contributed by atoms with E-state index in [4.69, 9.17) is 0 Å². The summed E-state index contributed by atoms with van der Waals surface area (Å²) in [5.41, 5.74) is 0. The fraction of sp³-hybridized carbons (Fsp3) is 1.00. The zero-order valence-electron chi connectivity index (χ0n) is 15.0. The summed E-state index contributed by atoms with van der Waals surface area (Å²) in [4.78, 5) is 5.25. The van der Waals surface area contributed by atoms with Crippen LogP contribution in [0.2, 0.25) is 0 Å². The molecule has 1 aliphatic rings. The highest BCUT2D eigenvalue weighted by Gasteiger charge is 2.21. The van der Waals surface area contributed by atoms with Crippen molar-refractivity contribution in [2.75, 3.05) is 45.8 Å². The van der Waals surface area contributed by atoms with Gasteiger partial charge in [-0.1, -0.05) is 40.5 Å². The summed E-state index contributed by atoms with van der Waals surface area (Å²) in [5, 5.41) is 3.64. The van der Waals surface area contributed by atoms with Crippen molar-refractivity contribution in [3.05, 3.63) is 0 Å². The average molecular weight is 298 g/mol. The number of rotatable bonds is 12. The van der Waals surface area contributed by atoms with Gasteiger partial charge in [-0.3, -0.25) is 4.90 Å². The molecule has 0 amide bonds. The van der Waals surface area contributed by atoms with Crippen LogP contribution in [0.15, 0.2) is 0 Å². The van der Waals surface area contributed by atoms with E-state index >= 15 is 0 Å². The van der Waals surface area contributed by atoms with Crippen LogP contribution in [-0.4, -0.2) is 61.7 Å². The van der Waals surface area contributed by atoms with Crippen LogP contribution >= 0.6 is 0 Å². The quantitative estimate of drug-likeness (QED) is 0.558. The van der Waals surface area contributed by atoms with Gasteiger partial charge in [0.2, 0.25) is 0 Å². The lowest BCUT2D eigenvalue weighted by Crippen LogP contribution is -2.41. The Balaban J connectivity index is 2.19. The Morgan fingerprint density at radius 3 is 2.14 bits per heavy atom. The normalized spacial score (nSPS) is 16.7. The first-order valence-corrected chi connectivity index (χ1v) is 9.34.